The van der Waals surface area contributed by atoms with Crippen LogP contribution in [-0.4, -0.2) is 36.7 Å². The summed E-state index contributed by atoms with van der Waals surface area (Å²) in [4.78, 5) is 8.41. The largest absolute Gasteiger partial charge is 0.313 e. The number of sulfone groups is 1. The molecule has 2 aromatic rings. The Hall–Kier alpha value is -1.24. The van der Waals surface area contributed by atoms with E-state index >= 15 is 0 Å². The second kappa shape index (κ2) is 6.68. The average Bonchev–Trinajstić information content (AvgIpc) is 2.47. The van der Waals surface area contributed by atoms with E-state index in [2.05, 4.69) is 15.3 Å². The van der Waals surface area contributed by atoms with Crippen molar-refractivity contribution >= 4 is 33.3 Å². The van der Waals surface area contributed by atoms with E-state index in [0.29, 0.717) is 11.0 Å². The van der Waals surface area contributed by atoms with Crippen LogP contribution < -0.4 is 5.32 Å². The number of aromatic nitrogens is 2. The molecular weight excluding hydrogens is 310 g/mol. The van der Waals surface area contributed by atoms with E-state index in [-0.39, 0.29) is 29.2 Å². The normalized spacial score (nSPS) is 19.1. The van der Waals surface area contributed by atoms with Crippen LogP contribution in [0.15, 0.2) is 35.5 Å². The van der Waals surface area contributed by atoms with E-state index in [0.717, 1.165) is 25.8 Å². The van der Waals surface area contributed by atoms with Crippen LogP contribution in [0.4, 0.5) is 0 Å². The monoisotopic (exact) mass is 327 g/mol. The predicted molar refractivity (Wildman–Crippen MR) is 84.5 cm³/mol. The second-order valence-corrected chi connectivity index (χ2v) is 7.11. The van der Waals surface area contributed by atoms with Gasteiger partial charge < -0.3 is 5.32 Å². The van der Waals surface area contributed by atoms with Crippen molar-refractivity contribution in [3.63, 3.8) is 0 Å². The first kappa shape index (κ1) is 16.1. The van der Waals surface area contributed by atoms with Gasteiger partial charge in [-0.25, -0.2) is 13.4 Å². The second-order valence-electron chi connectivity index (χ2n) is 5.13. The van der Waals surface area contributed by atoms with Gasteiger partial charge >= 0.3 is 0 Å². The minimum Gasteiger partial charge on any atom is -0.313 e. The van der Waals surface area contributed by atoms with Crippen LogP contribution in [-0.2, 0) is 9.84 Å². The van der Waals surface area contributed by atoms with E-state index in [4.69, 9.17) is 0 Å². The maximum atomic E-state index is 12.4. The van der Waals surface area contributed by atoms with Crippen molar-refractivity contribution in [2.75, 3.05) is 12.3 Å². The third-order valence-corrected chi connectivity index (χ3v) is 5.25. The Kier molecular flexibility index (Phi) is 5.13. The maximum absolute atomic E-state index is 12.4. The lowest BCUT2D eigenvalue weighted by molar-refractivity contribution is 0.423. The number of piperidine rings is 1. The summed E-state index contributed by atoms with van der Waals surface area (Å²) in [6, 6.07) is 7.32. The maximum Gasteiger partial charge on any atom is 0.198 e. The molecule has 0 bridgehead atoms. The van der Waals surface area contributed by atoms with E-state index in [1.165, 1.54) is 6.20 Å². The molecule has 1 aromatic heterocycles. The van der Waals surface area contributed by atoms with Gasteiger partial charge in [-0.1, -0.05) is 18.6 Å². The van der Waals surface area contributed by atoms with Crippen molar-refractivity contribution in [2.45, 2.75) is 30.3 Å². The fraction of sp³-hybridized carbons (Fsp3) is 0.429. The topological polar surface area (TPSA) is 72.0 Å². The fourth-order valence-electron chi connectivity index (χ4n) is 2.51. The summed E-state index contributed by atoms with van der Waals surface area (Å²) in [5.41, 5.74) is 1.33. The van der Waals surface area contributed by atoms with Gasteiger partial charge in [0.2, 0.25) is 0 Å². The molecule has 1 atom stereocenters. The molecule has 1 fully saturated rings. The molecule has 1 aliphatic rings. The molecule has 0 amide bonds. The van der Waals surface area contributed by atoms with Crippen LogP contribution in [0.5, 0.6) is 0 Å². The van der Waals surface area contributed by atoms with E-state index < -0.39 is 9.84 Å². The van der Waals surface area contributed by atoms with E-state index in [1.54, 1.807) is 6.07 Å². The highest BCUT2D eigenvalue weighted by Gasteiger charge is 2.24. The van der Waals surface area contributed by atoms with Crippen LogP contribution in [0, 0.1) is 0 Å². The van der Waals surface area contributed by atoms with Crippen molar-refractivity contribution < 1.29 is 8.42 Å². The Bertz CT molecular complexity index is 715. The quantitative estimate of drug-likeness (QED) is 0.933. The molecule has 2 heterocycles. The minimum atomic E-state index is -3.39. The molecule has 21 heavy (non-hydrogen) atoms. The predicted octanol–water partition coefficient (Wildman–Crippen LogP) is 1.97. The Morgan fingerprint density at radius 3 is 2.67 bits per heavy atom. The minimum absolute atomic E-state index is 0. The van der Waals surface area contributed by atoms with Crippen molar-refractivity contribution in [2.24, 2.45) is 0 Å². The number of fused-ring (bicyclic) bond motifs is 1. The number of nitrogens with one attached hydrogen (secondary N) is 1. The van der Waals surface area contributed by atoms with Gasteiger partial charge in [0.05, 0.1) is 23.0 Å². The highest BCUT2D eigenvalue weighted by atomic mass is 35.5. The van der Waals surface area contributed by atoms with E-state index in [9.17, 15) is 8.42 Å². The molecule has 1 aliphatic heterocycles. The summed E-state index contributed by atoms with van der Waals surface area (Å²) >= 11 is 0. The summed E-state index contributed by atoms with van der Waals surface area (Å²) in [6.07, 6.45) is 4.46. The van der Waals surface area contributed by atoms with Crippen LogP contribution in [0.3, 0.4) is 0 Å². The number of para-hydroxylation sites is 2. The smallest absolute Gasteiger partial charge is 0.198 e. The zero-order valence-corrected chi connectivity index (χ0v) is 13.2. The molecule has 7 heteroatoms. The lowest BCUT2D eigenvalue weighted by atomic mass is 10.1. The van der Waals surface area contributed by atoms with Gasteiger partial charge in [0.15, 0.2) is 14.9 Å². The third-order valence-electron chi connectivity index (χ3n) is 3.58. The van der Waals surface area contributed by atoms with Crippen LogP contribution in [0.25, 0.3) is 11.0 Å². The lowest BCUT2D eigenvalue weighted by Crippen LogP contribution is -2.39. The summed E-state index contributed by atoms with van der Waals surface area (Å²) in [6.45, 7) is 0.892. The third kappa shape index (κ3) is 3.70. The van der Waals surface area contributed by atoms with Crippen LogP contribution in [0.1, 0.15) is 19.3 Å². The molecule has 1 unspecified atom stereocenters. The molecule has 3 rings (SSSR count). The molecule has 0 aliphatic carbocycles. The first-order valence-electron chi connectivity index (χ1n) is 6.83. The Morgan fingerprint density at radius 1 is 1.19 bits per heavy atom. The number of rotatable bonds is 3. The van der Waals surface area contributed by atoms with Crippen molar-refractivity contribution in [1.29, 1.82) is 0 Å². The molecule has 0 saturated carbocycles. The molecule has 114 valence electrons. The number of hydrogen-bond acceptors (Lipinski definition) is 5. The van der Waals surface area contributed by atoms with Crippen LogP contribution >= 0.6 is 12.4 Å². The standard InChI is InChI=1S/C14H17N3O2S.ClH/c18-20(19,10-11-5-3-4-8-15-11)14-9-16-12-6-1-2-7-13(12)17-14;/h1-2,6-7,9,11,15H,3-5,8,10H2;1H. The molecule has 1 aromatic carbocycles. The fourth-order valence-corrected chi connectivity index (χ4v) is 3.94. The number of nitrogens with zero attached hydrogens (tertiary/aromatic N) is 2. The molecule has 5 nitrogen and oxygen atoms in total. The molecular formula is C14H18ClN3O2S. The highest BCUT2D eigenvalue weighted by Crippen LogP contribution is 2.16. The molecule has 0 radical (unpaired) electrons. The Morgan fingerprint density at radius 2 is 1.95 bits per heavy atom. The molecule has 0 spiro atoms. The SMILES string of the molecule is Cl.O=S(=O)(CC1CCCCN1)c1cnc2ccccc2n1. The summed E-state index contributed by atoms with van der Waals surface area (Å²) in [5.74, 6) is 0.0972. The first-order chi connectivity index (χ1) is 9.65. The summed E-state index contributed by atoms with van der Waals surface area (Å²) in [7, 11) is -3.39. The average molecular weight is 328 g/mol. The van der Waals surface area contributed by atoms with E-state index in [1.807, 2.05) is 18.2 Å². The summed E-state index contributed by atoms with van der Waals surface area (Å²) < 4.78 is 24.8. The Balaban J connectivity index is 0.00000161. The van der Waals surface area contributed by atoms with Gasteiger partial charge in [-0.15, -0.1) is 12.4 Å². The highest BCUT2D eigenvalue weighted by molar-refractivity contribution is 7.91. The molecule has 1 saturated heterocycles. The number of halogens is 1. The van der Waals surface area contributed by atoms with Gasteiger partial charge in [-0.05, 0) is 31.5 Å². The van der Waals surface area contributed by atoms with Crippen molar-refractivity contribution in [1.82, 2.24) is 15.3 Å². The van der Waals surface area contributed by atoms with Crippen molar-refractivity contribution in [3.05, 3.63) is 30.5 Å². The van der Waals surface area contributed by atoms with Gasteiger partial charge in [-0.3, -0.25) is 4.98 Å². The lowest BCUT2D eigenvalue weighted by Gasteiger charge is -2.22. The van der Waals surface area contributed by atoms with Crippen molar-refractivity contribution in [3.8, 4) is 0 Å². The van der Waals surface area contributed by atoms with Gasteiger partial charge in [0, 0.05) is 6.04 Å². The number of hydrogen-bond donors (Lipinski definition) is 1. The zero-order chi connectivity index (χ0) is 14.0. The zero-order valence-electron chi connectivity index (χ0n) is 11.5. The van der Waals surface area contributed by atoms with Gasteiger partial charge in [0.25, 0.3) is 0 Å². The summed E-state index contributed by atoms with van der Waals surface area (Å²) in [5, 5.41) is 3.33. The first-order valence-corrected chi connectivity index (χ1v) is 8.48. The van der Waals surface area contributed by atoms with Gasteiger partial charge in [-0.2, -0.15) is 0 Å². The Labute approximate surface area is 130 Å². The van der Waals surface area contributed by atoms with Crippen LogP contribution in [0.2, 0.25) is 0 Å². The molecule has 1 N–H and O–H groups in total. The number of benzene rings is 1. The van der Waals surface area contributed by atoms with Gasteiger partial charge in [0.1, 0.15) is 0 Å².